The zero-order valence-electron chi connectivity index (χ0n) is 8.29. The Morgan fingerprint density at radius 2 is 2.07 bits per heavy atom. The smallest absolute Gasteiger partial charge is 0.335 e. The molecule has 0 fully saturated rings. The number of hydrogen-bond donors (Lipinski definition) is 1. The van der Waals surface area contributed by atoms with E-state index in [-0.39, 0.29) is 11.3 Å². The van der Waals surface area contributed by atoms with Crippen molar-refractivity contribution >= 4 is 11.7 Å². The Balaban J connectivity index is 3.09. The molecule has 80 valence electrons. The van der Waals surface area contributed by atoms with Crippen molar-refractivity contribution in [1.82, 2.24) is 0 Å². The largest absolute Gasteiger partial charge is 0.494 e. The zero-order chi connectivity index (χ0) is 11.4. The van der Waals surface area contributed by atoms with E-state index in [1.165, 1.54) is 12.1 Å². The van der Waals surface area contributed by atoms with Gasteiger partial charge in [0.05, 0.1) is 12.2 Å². The molecule has 1 aromatic carbocycles. The highest BCUT2D eigenvalue weighted by Crippen LogP contribution is 2.17. The molecule has 0 aliphatic rings. The molecule has 0 heterocycles. The van der Waals surface area contributed by atoms with Gasteiger partial charge in [-0.15, -0.1) is 0 Å². The molecule has 0 saturated heterocycles. The highest BCUT2D eigenvalue weighted by molar-refractivity contribution is 5.88. The van der Waals surface area contributed by atoms with Gasteiger partial charge in [-0.25, -0.2) is 9.18 Å². The summed E-state index contributed by atoms with van der Waals surface area (Å²) in [5.41, 5.74) is 0.222. The summed E-state index contributed by atoms with van der Waals surface area (Å²) in [6.45, 7) is 5.74. The number of halogens is 1. The minimum Gasteiger partial charge on any atom is -0.494 e. The van der Waals surface area contributed by atoms with Gasteiger partial charge in [-0.05, 0) is 25.1 Å². The number of benzene rings is 1. The molecule has 4 heteroatoms. The molecule has 0 saturated carbocycles. The van der Waals surface area contributed by atoms with E-state index >= 15 is 0 Å². The second-order valence-corrected chi connectivity index (χ2v) is 2.89. The molecule has 1 N–H and O–H groups in total. The van der Waals surface area contributed by atoms with Gasteiger partial charge in [0.2, 0.25) is 0 Å². The monoisotopic (exact) mass is 210 g/mol. The molecule has 0 amide bonds. The molecule has 1 aromatic rings. The van der Waals surface area contributed by atoms with Gasteiger partial charge in [0.15, 0.2) is 0 Å². The molecule has 0 bridgehead atoms. The normalized spacial score (nSPS) is 9.73. The minimum absolute atomic E-state index is 0.120. The summed E-state index contributed by atoms with van der Waals surface area (Å²) >= 11 is 0. The molecule has 3 nitrogen and oxygen atoms in total. The van der Waals surface area contributed by atoms with Crippen LogP contribution in [0.25, 0.3) is 5.76 Å². The van der Waals surface area contributed by atoms with Crippen LogP contribution in [0, 0.1) is 5.82 Å². The molecule has 0 atom stereocenters. The summed E-state index contributed by atoms with van der Waals surface area (Å²) in [5.74, 6) is -1.54. The first-order chi connectivity index (χ1) is 7.04. The Bertz CT molecular complexity index is 399. The SMILES string of the molecule is C=C(OCC)c1cc(F)cc(C(=O)O)c1. The number of carbonyl (C=O) groups is 1. The minimum atomic E-state index is -1.18. The molecule has 0 radical (unpaired) electrons. The van der Waals surface area contributed by atoms with E-state index < -0.39 is 11.8 Å². The number of carboxylic acids is 1. The number of aromatic carboxylic acids is 1. The molecule has 15 heavy (non-hydrogen) atoms. The highest BCUT2D eigenvalue weighted by Gasteiger charge is 2.09. The third-order valence-electron chi connectivity index (χ3n) is 1.79. The maximum Gasteiger partial charge on any atom is 0.335 e. The maximum absolute atomic E-state index is 13.0. The average Bonchev–Trinajstić information content (AvgIpc) is 2.17. The lowest BCUT2D eigenvalue weighted by atomic mass is 10.1. The Kier molecular flexibility index (Phi) is 3.44. The molecule has 0 aliphatic heterocycles. The number of hydrogen-bond acceptors (Lipinski definition) is 2. The fourth-order valence-electron chi connectivity index (χ4n) is 1.13. The van der Waals surface area contributed by atoms with Gasteiger partial charge in [-0.2, -0.15) is 0 Å². The Morgan fingerprint density at radius 1 is 1.47 bits per heavy atom. The van der Waals surface area contributed by atoms with Gasteiger partial charge >= 0.3 is 5.97 Å². The van der Waals surface area contributed by atoms with Crippen LogP contribution in [0.3, 0.4) is 0 Å². The van der Waals surface area contributed by atoms with E-state index in [0.717, 1.165) is 6.07 Å². The van der Waals surface area contributed by atoms with Crippen LogP contribution in [0.2, 0.25) is 0 Å². The molecule has 0 aliphatic carbocycles. The van der Waals surface area contributed by atoms with E-state index in [4.69, 9.17) is 9.84 Å². The standard InChI is InChI=1S/C11H11FO3/c1-3-15-7(2)8-4-9(11(13)14)6-10(12)5-8/h4-6H,2-3H2,1H3,(H,13,14). The number of rotatable bonds is 4. The van der Waals surface area contributed by atoms with Gasteiger partial charge in [-0.1, -0.05) is 6.58 Å². The molecule has 0 aromatic heterocycles. The van der Waals surface area contributed by atoms with Crippen LogP contribution in [0.1, 0.15) is 22.8 Å². The molecule has 0 unspecified atom stereocenters. The molecule has 0 spiro atoms. The summed E-state index contributed by atoms with van der Waals surface area (Å²) in [7, 11) is 0. The first kappa shape index (κ1) is 11.2. The van der Waals surface area contributed by atoms with Crippen LogP contribution in [0.4, 0.5) is 4.39 Å². The Labute approximate surface area is 86.8 Å². The van der Waals surface area contributed by atoms with E-state index in [2.05, 4.69) is 6.58 Å². The van der Waals surface area contributed by atoms with Crippen LogP contribution in [-0.2, 0) is 4.74 Å². The maximum atomic E-state index is 13.0. The van der Waals surface area contributed by atoms with Crippen LogP contribution >= 0.6 is 0 Å². The summed E-state index contributed by atoms with van der Waals surface area (Å²) in [6, 6.07) is 3.46. The van der Waals surface area contributed by atoms with Crippen molar-refractivity contribution in [2.24, 2.45) is 0 Å². The van der Waals surface area contributed by atoms with Crippen molar-refractivity contribution in [1.29, 1.82) is 0 Å². The average molecular weight is 210 g/mol. The van der Waals surface area contributed by atoms with E-state index in [9.17, 15) is 9.18 Å². The first-order valence-corrected chi connectivity index (χ1v) is 4.40. The van der Waals surface area contributed by atoms with Crippen LogP contribution in [0.5, 0.6) is 0 Å². The van der Waals surface area contributed by atoms with Crippen molar-refractivity contribution in [3.63, 3.8) is 0 Å². The Hall–Kier alpha value is -1.84. The fourth-order valence-corrected chi connectivity index (χ4v) is 1.13. The van der Waals surface area contributed by atoms with Gasteiger partial charge in [-0.3, -0.25) is 0 Å². The summed E-state index contributed by atoms with van der Waals surface area (Å²) in [5, 5.41) is 8.71. The number of ether oxygens (including phenoxy) is 1. The first-order valence-electron chi connectivity index (χ1n) is 4.40. The zero-order valence-corrected chi connectivity index (χ0v) is 8.29. The van der Waals surface area contributed by atoms with Gasteiger partial charge in [0.25, 0.3) is 0 Å². The fraction of sp³-hybridized carbons (Fsp3) is 0.182. The van der Waals surface area contributed by atoms with Crippen molar-refractivity contribution in [3.8, 4) is 0 Å². The van der Waals surface area contributed by atoms with E-state index in [1.54, 1.807) is 6.92 Å². The van der Waals surface area contributed by atoms with Crippen LogP contribution < -0.4 is 0 Å². The van der Waals surface area contributed by atoms with E-state index in [0.29, 0.717) is 12.2 Å². The highest BCUT2D eigenvalue weighted by atomic mass is 19.1. The number of carboxylic acid groups (broad SMARTS) is 1. The third-order valence-corrected chi connectivity index (χ3v) is 1.79. The topological polar surface area (TPSA) is 46.5 Å². The second kappa shape index (κ2) is 4.59. The quantitative estimate of drug-likeness (QED) is 0.777. The lowest BCUT2D eigenvalue weighted by Crippen LogP contribution is -2.00. The predicted molar refractivity (Wildman–Crippen MR) is 54.0 cm³/mol. The van der Waals surface area contributed by atoms with Gasteiger partial charge in [0, 0.05) is 5.56 Å². The van der Waals surface area contributed by atoms with E-state index in [1.807, 2.05) is 0 Å². The Morgan fingerprint density at radius 3 is 2.60 bits per heavy atom. The van der Waals surface area contributed by atoms with Crippen molar-refractivity contribution < 1.29 is 19.0 Å². The summed E-state index contributed by atoms with van der Waals surface area (Å²) in [4.78, 5) is 10.6. The predicted octanol–water partition coefficient (Wildman–Crippen LogP) is 2.53. The summed E-state index contributed by atoms with van der Waals surface area (Å²) in [6.07, 6.45) is 0. The van der Waals surface area contributed by atoms with Crippen molar-refractivity contribution in [2.75, 3.05) is 6.61 Å². The third kappa shape index (κ3) is 2.80. The van der Waals surface area contributed by atoms with Gasteiger partial charge in [0.1, 0.15) is 11.6 Å². The van der Waals surface area contributed by atoms with Crippen molar-refractivity contribution in [2.45, 2.75) is 6.92 Å². The lowest BCUT2D eigenvalue weighted by molar-refractivity contribution is 0.0696. The molecular weight excluding hydrogens is 199 g/mol. The molecule has 1 rings (SSSR count). The van der Waals surface area contributed by atoms with Crippen molar-refractivity contribution in [3.05, 3.63) is 41.7 Å². The van der Waals surface area contributed by atoms with Crippen LogP contribution in [0.15, 0.2) is 24.8 Å². The lowest BCUT2D eigenvalue weighted by Gasteiger charge is -2.07. The molecular formula is C11H11FO3. The second-order valence-electron chi connectivity index (χ2n) is 2.89. The summed E-state index contributed by atoms with van der Waals surface area (Å²) < 4.78 is 18.1. The van der Waals surface area contributed by atoms with Crippen LogP contribution in [-0.4, -0.2) is 17.7 Å². The van der Waals surface area contributed by atoms with Gasteiger partial charge < -0.3 is 9.84 Å².